The summed E-state index contributed by atoms with van der Waals surface area (Å²) >= 11 is 0. The Bertz CT molecular complexity index is 655. The van der Waals surface area contributed by atoms with E-state index >= 15 is 0 Å². The average Bonchev–Trinajstić information content (AvgIpc) is 3.00. The lowest BCUT2D eigenvalue weighted by Gasteiger charge is -2.32. The molecule has 0 aromatic heterocycles. The molecular weight excluding hydrogens is 345 g/mol. The van der Waals surface area contributed by atoms with Crippen LogP contribution in [0.3, 0.4) is 0 Å². The Balaban J connectivity index is 0.00000225. The van der Waals surface area contributed by atoms with Gasteiger partial charge in [-0.1, -0.05) is 6.07 Å². The van der Waals surface area contributed by atoms with Gasteiger partial charge in [0.1, 0.15) is 5.82 Å². The minimum atomic E-state index is -0.645. The second-order valence-corrected chi connectivity index (χ2v) is 7.63. The number of rotatable bonds is 2. The maximum absolute atomic E-state index is 14.5. The summed E-state index contributed by atoms with van der Waals surface area (Å²) in [5.74, 6) is -0.881. The first-order valence-corrected chi connectivity index (χ1v) is 8.31. The number of hydrogen-bond acceptors (Lipinski definition) is 4. The molecule has 1 atom stereocenters. The van der Waals surface area contributed by atoms with Gasteiger partial charge in [-0.05, 0) is 51.7 Å². The molecule has 25 heavy (non-hydrogen) atoms. The molecule has 2 N–H and O–H groups in total. The number of nitrogens with zero attached hydrogens (tertiary/aromatic N) is 1. The van der Waals surface area contributed by atoms with Gasteiger partial charge in [-0.2, -0.15) is 0 Å². The number of carbonyl (C=O) groups excluding carboxylic acids is 1. The number of carbonyl (C=O) groups is 1. The molecule has 2 heterocycles. The highest BCUT2D eigenvalue weighted by Gasteiger charge is 2.51. The van der Waals surface area contributed by atoms with Crippen molar-refractivity contribution in [2.45, 2.75) is 51.4 Å². The molecule has 0 saturated carbocycles. The lowest BCUT2D eigenvalue weighted by atomic mass is 9.78. The second-order valence-electron chi connectivity index (χ2n) is 7.63. The van der Waals surface area contributed by atoms with Gasteiger partial charge < -0.3 is 19.9 Å². The van der Waals surface area contributed by atoms with Crippen molar-refractivity contribution in [2.75, 3.05) is 13.1 Å². The fourth-order valence-electron chi connectivity index (χ4n) is 2.97. The quantitative estimate of drug-likeness (QED) is 0.805. The van der Waals surface area contributed by atoms with Crippen LogP contribution in [0.2, 0.25) is 0 Å². The Labute approximate surface area is 154 Å². The first-order valence-electron chi connectivity index (χ1n) is 8.31. The lowest BCUT2D eigenvalue weighted by molar-refractivity contribution is 0.00578. The van der Waals surface area contributed by atoms with Crippen LogP contribution in [-0.2, 0) is 9.31 Å². The van der Waals surface area contributed by atoms with E-state index in [0.717, 1.165) is 6.42 Å². The fraction of sp³-hybridized carbons (Fsp3) is 0.588. The van der Waals surface area contributed by atoms with Crippen LogP contribution in [0.25, 0.3) is 0 Å². The van der Waals surface area contributed by atoms with E-state index in [1.165, 1.54) is 12.1 Å². The van der Waals surface area contributed by atoms with Crippen LogP contribution in [-0.4, -0.2) is 48.3 Å². The fourth-order valence-corrected chi connectivity index (χ4v) is 2.97. The van der Waals surface area contributed by atoms with E-state index in [1.54, 1.807) is 11.0 Å². The highest BCUT2D eigenvalue weighted by atomic mass is 35.5. The Morgan fingerprint density at radius 1 is 1.28 bits per heavy atom. The van der Waals surface area contributed by atoms with E-state index in [4.69, 9.17) is 15.0 Å². The molecule has 2 saturated heterocycles. The molecule has 0 bridgehead atoms. The first-order chi connectivity index (χ1) is 11.1. The number of benzene rings is 1. The number of hydrogen-bond donors (Lipinski definition) is 1. The minimum Gasteiger partial charge on any atom is -0.399 e. The van der Waals surface area contributed by atoms with E-state index < -0.39 is 24.1 Å². The summed E-state index contributed by atoms with van der Waals surface area (Å²) in [5, 5.41) is 0. The summed E-state index contributed by atoms with van der Waals surface area (Å²) in [6, 6.07) is 4.49. The van der Waals surface area contributed by atoms with Crippen LogP contribution in [0.4, 0.5) is 4.39 Å². The molecule has 2 fully saturated rings. The third-order valence-electron chi connectivity index (χ3n) is 5.26. The molecule has 138 valence electrons. The van der Waals surface area contributed by atoms with Crippen LogP contribution in [0.15, 0.2) is 18.2 Å². The van der Waals surface area contributed by atoms with Gasteiger partial charge >= 0.3 is 7.12 Å². The molecule has 2 aliphatic rings. The summed E-state index contributed by atoms with van der Waals surface area (Å²) in [7, 11) is -0.645. The minimum absolute atomic E-state index is 0. The van der Waals surface area contributed by atoms with Crippen molar-refractivity contribution in [1.82, 2.24) is 4.90 Å². The number of nitrogens with two attached hydrogens (primary N) is 1. The van der Waals surface area contributed by atoms with E-state index in [0.29, 0.717) is 18.6 Å². The molecule has 0 spiro atoms. The normalized spacial score (nSPS) is 24.3. The van der Waals surface area contributed by atoms with Gasteiger partial charge in [-0.15, -0.1) is 12.4 Å². The smallest absolute Gasteiger partial charge is 0.399 e. The van der Waals surface area contributed by atoms with Crippen LogP contribution in [0.1, 0.15) is 44.5 Å². The van der Waals surface area contributed by atoms with E-state index in [1.807, 2.05) is 27.7 Å². The summed E-state index contributed by atoms with van der Waals surface area (Å²) in [6.45, 7) is 8.81. The SMILES string of the molecule is CC1(C)OB(c2ccc(C(=O)N3CCC(N)C3)c(F)c2)OC1(C)C.Cl. The van der Waals surface area contributed by atoms with Gasteiger partial charge in [0.2, 0.25) is 0 Å². The summed E-state index contributed by atoms with van der Waals surface area (Å²) < 4.78 is 26.3. The molecule has 1 unspecified atom stereocenters. The van der Waals surface area contributed by atoms with Gasteiger partial charge in [0, 0.05) is 19.1 Å². The predicted molar refractivity (Wildman–Crippen MR) is 97.9 cm³/mol. The number of halogens is 2. The summed E-state index contributed by atoms with van der Waals surface area (Å²) in [5.41, 5.74) is 5.46. The van der Waals surface area contributed by atoms with Crippen LogP contribution < -0.4 is 11.2 Å². The van der Waals surface area contributed by atoms with Gasteiger partial charge in [0.05, 0.1) is 16.8 Å². The van der Waals surface area contributed by atoms with Crippen molar-refractivity contribution in [3.05, 3.63) is 29.6 Å². The molecule has 0 radical (unpaired) electrons. The standard InChI is InChI=1S/C17H24BFN2O3.ClH/c1-16(2)17(3,4)24-18(23-16)11-5-6-13(14(19)9-11)15(22)21-8-7-12(20)10-21;/h5-6,9,12H,7-8,10,20H2,1-4H3;1H. The maximum Gasteiger partial charge on any atom is 0.494 e. The van der Waals surface area contributed by atoms with Crippen molar-refractivity contribution in [1.29, 1.82) is 0 Å². The zero-order chi connectivity index (χ0) is 17.7. The summed E-state index contributed by atoms with van der Waals surface area (Å²) in [4.78, 5) is 14.0. The highest BCUT2D eigenvalue weighted by Crippen LogP contribution is 2.36. The average molecular weight is 371 g/mol. The van der Waals surface area contributed by atoms with E-state index in [9.17, 15) is 9.18 Å². The van der Waals surface area contributed by atoms with Crippen LogP contribution >= 0.6 is 12.4 Å². The van der Waals surface area contributed by atoms with Crippen molar-refractivity contribution < 1.29 is 18.5 Å². The molecule has 2 aliphatic heterocycles. The Morgan fingerprint density at radius 2 is 1.88 bits per heavy atom. The van der Waals surface area contributed by atoms with Gasteiger partial charge in [0.15, 0.2) is 0 Å². The molecule has 5 nitrogen and oxygen atoms in total. The van der Waals surface area contributed by atoms with Crippen molar-refractivity contribution >= 4 is 30.9 Å². The third kappa shape index (κ3) is 3.70. The van der Waals surface area contributed by atoms with Crippen molar-refractivity contribution in [3.8, 4) is 0 Å². The Kier molecular flexibility index (Phi) is 5.54. The zero-order valence-electron chi connectivity index (χ0n) is 15.0. The summed E-state index contributed by atoms with van der Waals surface area (Å²) in [6.07, 6.45) is 0.749. The van der Waals surface area contributed by atoms with Crippen LogP contribution in [0, 0.1) is 5.82 Å². The van der Waals surface area contributed by atoms with Gasteiger partial charge in [-0.25, -0.2) is 4.39 Å². The molecule has 1 aromatic rings. The Morgan fingerprint density at radius 3 is 2.36 bits per heavy atom. The lowest BCUT2D eigenvalue weighted by Crippen LogP contribution is -2.41. The third-order valence-corrected chi connectivity index (χ3v) is 5.26. The molecule has 1 amide bonds. The molecule has 8 heteroatoms. The Hall–Kier alpha value is -1.15. The predicted octanol–water partition coefficient (Wildman–Crippen LogP) is 1.72. The maximum atomic E-state index is 14.5. The van der Waals surface area contributed by atoms with Crippen molar-refractivity contribution in [2.24, 2.45) is 5.73 Å². The van der Waals surface area contributed by atoms with Gasteiger partial charge in [-0.3, -0.25) is 4.79 Å². The molecular formula is C17H25BClFN2O3. The topological polar surface area (TPSA) is 64.8 Å². The second kappa shape index (κ2) is 6.87. The van der Waals surface area contributed by atoms with Crippen LogP contribution in [0.5, 0.6) is 0 Å². The molecule has 0 aliphatic carbocycles. The highest BCUT2D eigenvalue weighted by molar-refractivity contribution is 6.62. The first kappa shape index (κ1) is 20.2. The number of amides is 1. The largest absolute Gasteiger partial charge is 0.494 e. The van der Waals surface area contributed by atoms with Gasteiger partial charge in [0.25, 0.3) is 5.91 Å². The van der Waals surface area contributed by atoms with E-state index in [2.05, 4.69) is 0 Å². The molecule has 3 rings (SSSR count). The number of likely N-dealkylation sites (tertiary alicyclic amines) is 1. The zero-order valence-corrected chi connectivity index (χ0v) is 15.9. The van der Waals surface area contributed by atoms with E-state index in [-0.39, 0.29) is 29.9 Å². The van der Waals surface area contributed by atoms with Crippen molar-refractivity contribution in [3.63, 3.8) is 0 Å². The monoisotopic (exact) mass is 370 g/mol. The molecule has 1 aromatic carbocycles.